The van der Waals surface area contributed by atoms with Crippen molar-refractivity contribution in [3.8, 4) is 0 Å². The fraction of sp³-hybridized carbons (Fsp3) is 0.0909. The van der Waals surface area contributed by atoms with E-state index < -0.39 is 10.7 Å². The van der Waals surface area contributed by atoms with Gasteiger partial charge in [-0.2, -0.15) is 4.98 Å². The number of halogens is 1. The van der Waals surface area contributed by atoms with Gasteiger partial charge in [0.25, 0.3) is 0 Å². The van der Waals surface area contributed by atoms with Crippen LogP contribution in [0.1, 0.15) is 5.69 Å². The van der Waals surface area contributed by atoms with E-state index in [0.717, 1.165) is 11.8 Å². The summed E-state index contributed by atoms with van der Waals surface area (Å²) in [5.74, 6) is -0.557. The zero-order valence-corrected chi connectivity index (χ0v) is 10.6. The molecule has 0 aliphatic carbocycles. The third kappa shape index (κ3) is 2.79. The van der Waals surface area contributed by atoms with Gasteiger partial charge < -0.3 is 5.73 Å². The van der Waals surface area contributed by atoms with Gasteiger partial charge in [-0.25, -0.2) is 9.37 Å². The number of rotatable bonds is 3. The number of anilines is 1. The fourth-order valence-electron chi connectivity index (χ4n) is 1.47. The summed E-state index contributed by atoms with van der Waals surface area (Å²) in [6.45, 7) is 1.46. The van der Waals surface area contributed by atoms with Crippen LogP contribution in [0.3, 0.4) is 0 Å². The van der Waals surface area contributed by atoms with Crippen molar-refractivity contribution >= 4 is 23.4 Å². The molecule has 0 unspecified atom stereocenters. The van der Waals surface area contributed by atoms with Gasteiger partial charge in [-0.05, 0) is 19.1 Å². The van der Waals surface area contributed by atoms with Gasteiger partial charge in [0, 0.05) is 4.90 Å². The van der Waals surface area contributed by atoms with E-state index in [2.05, 4.69) is 9.97 Å². The van der Waals surface area contributed by atoms with Crippen LogP contribution in [0, 0.1) is 22.9 Å². The number of aromatic nitrogens is 2. The van der Waals surface area contributed by atoms with Crippen LogP contribution in [0.15, 0.2) is 34.2 Å². The van der Waals surface area contributed by atoms with Gasteiger partial charge >= 0.3 is 5.69 Å². The smallest absolute Gasteiger partial charge is 0.322 e. The van der Waals surface area contributed by atoms with Crippen molar-refractivity contribution < 1.29 is 9.31 Å². The van der Waals surface area contributed by atoms with Gasteiger partial charge in [0.1, 0.15) is 11.5 Å². The molecule has 0 saturated carbocycles. The van der Waals surface area contributed by atoms with E-state index in [1.807, 2.05) is 0 Å². The van der Waals surface area contributed by atoms with Crippen LogP contribution in [-0.2, 0) is 0 Å². The number of hydrogen-bond acceptors (Lipinski definition) is 6. The minimum Gasteiger partial charge on any atom is -0.368 e. The Labute approximate surface area is 112 Å². The van der Waals surface area contributed by atoms with E-state index >= 15 is 0 Å². The maximum Gasteiger partial charge on any atom is 0.322 e. The summed E-state index contributed by atoms with van der Waals surface area (Å²) in [5.41, 5.74) is 5.36. The zero-order chi connectivity index (χ0) is 14.0. The first-order valence-corrected chi connectivity index (χ1v) is 6.01. The molecule has 0 fully saturated rings. The lowest BCUT2D eigenvalue weighted by atomic mass is 10.3. The lowest BCUT2D eigenvalue weighted by molar-refractivity contribution is -0.389. The number of hydrogen-bond donors (Lipinski definition) is 1. The highest BCUT2D eigenvalue weighted by molar-refractivity contribution is 7.99. The van der Waals surface area contributed by atoms with Crippen LogP contribution in [0.5, 0.6) is 0 Å². The molecule has 8 heteroatoms. The normalized spacial score (nSPS) is 10.4. The van der Waals surface area contributed by atoms with Crippen molar-refractivity contribution in [1.82, 2.24) is 9.97 Å². The minimum absolute atomic E-state index is 0.0279. The summed E-state index contributed by atoms with van der Waals surface area (Å²) >= 11 is 0.850. The SMILES string of the molecule is Cc1nc(N)nc(Sc2ccccc2F)c1[N+](=O)[O-]. The number of benzene rings is 1. The second-order valence-electron chi connectivity index (χ2n) is 3.61. The molecule has 2 N–H and O–H groups in total. The quantitative estimate of drug-likeness (QED) is 0.527. The molecule has 1 heterocycles. The minimum atomic E-state index is -0.599. The van der Waals surface area contributed by atoms with Crippen molar-refractivity contribution in [2.75, 3.05) is 5.73 Å². The lowest BCUT2D eigenvalue weighted by Crippen LogP contribution is -2.04. The molecule has 0 atom stereocenters. The maximum atomic E-state index is 13.5. The predicted octanol–water partition coefficient (Wildman–Crippen LogP) is 2.57. The summed E-state index contributed by atoms with van der Waals surface area (Å²) < 4.78 is 13.5. The Bertz CT molecular complexity index is 651. The summed E-state index contributed by atoms with van der Waals surface area (Å²) in [4.78, 5) is 18.2. The third-order valence-corrected chi connectivity index (χ3v) is 3.30. The van der Waals surface area contributed by atoms with Crippen LogP contribution in [0.25, 0.3) is 0 Å². The average molecular weight is 280 g/mol. The van der Waals surface area contributed by atoms with Crippen LogP contribution in [-0.4, -0.2) is 14.9 Å². The van der Waals surface area contributed by atoms with E-state index in [1.165, 1.54) is 25.1 Å². The molecule has 2 rings (SSSR count). The van der Waals surface area contributed by atoms with Crippen LogP contribution in [0.4, 0.5) is 16.0 Å². The Balaban J connectivity index is 2.51. The Morgan fingerprint density at radius 2 is 2.05 bits per heavy atom. The zero-order valence-electron chi connectivity index (χ0n) is 9.83. The second kappa shape index (κ2) is 5.19. The molecule has 0 radical (unpaired) electrons. The van der Waals surface area contributed by atoms with Crippen molar-refractivity contribution in [3.05, 3.63) is 45.9 Å². The molecule has 0 saturated heterocycles. The highest BCUT2D eigenvalue weighted by atomic mass is 32.2. The summed E-state index contributed by atoms with van der Waals surface area (Å²) in [6, 6.07) is 5.95. The molecule has 0 bridgehead atoms. The summed E-state index contributed by atoms with van der Waals surface area (Å²) in [5, 5.41) is 11.0. The molecule has 0 aliphatic rings. The van der Waals surface area contributed by atoms with Gasteiger partial charge in [0.15, 0.2) is 5.03 Å². The molecule has 0 spiro atoms. The first kappa shape index (κ1) is 13.2. The van der Waals surface area contributed by atoms with E-state index in [1.54, 1.807) is 6.07 Å². The first-order valence-electron chi connectivity index (χ1n) is 5.20. The monoisotopic (exact) mass is 280 g/mol. The fourth-order valence-corrected chi connectivity index (χ4v) is 2.45. The highest BCUT2D eigenvalue weighted by Crippen LogP contribution is 2.35. The third-order valence-electron chi connectivity index (χ3n) is 2.27. The van der Waals surface area contributed by atoms with Crippen LogP contribution < -0.4 is 5.73 Å². The Hall–Kier alpha value is -2.22. The molecular formula is C11H9FN4O2S. The standard InChI is InChI=1S/C11H9FN4O2S/c1-6-9(16(17)18)10(15-11(13)14-6)19-8-5-3-2-4-7(8)12/h2-5H,1H3,(H2,13,14,15). The largest absolute Gasteiger partial charge is 0.368 e. The van der Waals surface area contributed by atoms with E-state index in [9.17, 15) is 14.5 Å². The van der Waals surface area contributed by atoms with Gasteiger partial charge in [-0.1, -0.05) is 23.9 Å². The van der Waals surface area contributed by atoms with Crippen LogP contribution in [0.2, 0.25) is 0 Å². The number of nitrogen functional groups attached to an aromatic ring is 1. The Morgan fingerprint density at radius 3 is 2.68 bits per heavy atom. The topological polar surface area (TPSA) is 94.9 Å². The molecule has 1 aromatic heterocycles. The molecule has 0 amide bonds. The average Bonchev–Trinajstić information content (AvgIpc) is 2.30. The summed E-state index contributed by atoms with van der Waals surface area (Å²) in [7, 11) is 0. The van der Waals surface area contributed by atoms with E-state index in [4.69, 9.17) is 5.73 Å². The predicted molar refractivity (Wildman–Crippen MR) is 68.4 cm³/mol. The summed E-state index contributed by atoms with van der Waals surface area (Å²) in [6.07, 6.45) is 0. The maximum absolute atomic E-state index is 13.5. The van der Waals surface area contributed by atoms with Crippen molar-refractivity contribution in [1.29, 1.82) is 0 Å². The van der Waals surface area contributed by atoms with Crippen molar-refractivity contribution in [2.24, 2.45) is 0 Å². The van der Waals surface area contributed by atoms with Gasteiger partial charge in [-0.3, -0.25) is 10.1 Å². The molecule has 98 valence electrons. The molecule has 19 heavy (non-hydrogen) atoms. The molecular weight excluding hydrogens is 271 g/mol. The van der Waals surface area contributed by atoms with E-state index in [-0.39, 0.29) is 27.3 Å². The molecule has 6 nitrogen and oxygen atoms in total. The van der Waals surface area contributed by atoms with Crippen molar-refractivity contribution in [2.45, 2.75) is 16.8 Å². The Morgan fingerprint density at radius 1 is 1.37 bits per heavy atom. The van der Waals surface area contributed by atoms with Gasteiger partial charge in [-0.15, -0.1) is 0 Å². The van der Waals surface area contributed by atoms with Crippen LogP contribution >= 0.6 is 11.8 Å². The number of nitrogens with two attached hydrogens (primary N) is 1. The molecule has 2 aromatic rings. The number of nitro groups is 1. The van der Waals surface area contributed by atoms with Gasteiger partial charge in [0.05, 0.1) is 4.92 Å². The molecule has 0 aliphatic heterocycles. The number of nitrogens with zero attached hydrogens (tertiary/aromatic N) is 3. The van der Waals surface area contributed by atoms with Gasteiger partial charge in [0.2, 0.25) is 5.95 Å². The first-order chi connectivity index (χ1) is 8.99. The highest BCUT2D eigenvalue weighted by Gasteiger charge is 2.23. The lowest BCUT2D eigenvalue weighted by Gasteiger charge is -2.05. The Kier molecular flexibility index (Phi) is 3.61. The number of aryl methyl sites for hydroxylation is 1. The molecule has 1 aromatic carbocycles. The van der Waals surface area contributed by atoms with Crippen molar-refractivity contribution in [3.63, 3.8) is 0 Å². The second-order valence-corrected chi connectivity index (χ2v) is 4.64. The van der Waals surface area contributed by atoms with E-state index in [0.29, 0.717) is 0 Å².